The Morgan fingerprint density at radius 1 is 1.14 bits per heavy atom. The van der Waals surface area contributed by atoms with Gasteiger partial charge in [-0.05, 0) is 26.7 Å². The zero-order valence-electron chi connectivity index (χ0n) is 13.6. The maximum Gasteiger partial charge on any atom is 0.128 e. The Morgan fingerprint density at radius 2 is 1.81 bits per heavy atom. The monoisotopic (exact) mass is 287 g/mol. The molecule has 21 heavy (non-hydrogen) atoms. The van der Waals surface area contributed by atoms with Crippen LogP contribution in [0.5, 0.6) is 0 Å². The second kappa shape index (κ2) is 6.24. The van der Waals surface area contributed by atoms with Crippen LogP contribution in [0.3, 0.4) is 0 Å². The van der Waals surface area contributed by atoms with Gasteiger partial charge in [-0.25, -0.2) is 9.97 Å². The zero-order valence-corrected chi connectivity index (χ0v) is 13.6. The molecule has 0 saturated carbocycles. The molecule has 0 aliphatic carbocycles. The third-order valence-corrected chi connectivity index (χ3v) is 3.12. The molecule has 2 rings (SSSR count). The molecule has 0 aromatic carbocycles. The van der Waals surface area contributed by atoms with Gasteiger partial charge in [-0.2, -0.15) is 5.10 Å². The van der Waals surface area contributed by atoms with Gasteiger partial charge in [0.2, 0.25) is 0 Å². The number of nitrogens with one attached hydrogen (secondary N) is 1. The average molecular weight is 287 g/mol. The molecule has 0 amide bonds. The summed E-state index contributed by atoms with van der Waals surface area (Å²) in [6.07, 6.45) is 8.57. The summed E-state index contributed by atoms with van der Waals surface area (Å²) >= 11 is 0. The minimum Gasteiger partial charge on any atom is -0.378 e. The molecule has 2 aromatic rings. The predicted octanol–water partition coefficient (Wildman–Crippen LogP) is 3.24. The Balaban J connectivity index is 1.92. The van der Waals surface area contributed by atoms with Crippen LogP contribution in [-0.4, -0.2) is 19.7 Å². The van der Waals surface area contributed by atoms with E-state index in [2.05, 4.69) is 61.2 Å². The van der Waals surface area contributed by atoms with Crippen LogP contribution in [0.4, 0.5) is 5.69 Å². The summed E-state index contributed by atoms with van der Waals surface area (Å²) in [6.45, 7) is 11.5. The fraction of sp³-hybridized carbons (Fsp3) is 0.562. The topological polar surface area (TPSA) is 55.6 Å². The third kappa shape index (κ3) is 4.55. The number of rotatable bonds is 5. The van der Waals surface area contributed by atoms with E-state index in [1.165, 1.54) is 0 Å². The highest BCUT2D eigenvalue weighted by Crippen LogP contribution is 2.14. The number of hydrogen-bond donors (Lipinski definition) is 1. The molecule has 0 fully saturated rings. The molecular weight excluding hydrogens is 262 g/mol. The highest BCUT2D eigenvalue weighted by Gasteiger charge is 2.13. The van der Waals surface area contributed by atoms with Gasteiger partial charge in [0.15, 0.2) is 0 Å². The van der Waals surface area contributed by atoms with Crippen LogP contribution in [0.2, 0.25) is 0 Å². The minimum atomic E-state index is 0.0137. The van der Waals surface area contributed by atoms with Crippen molar-refractivity contribution in [2.45, 2.75) is 53.1 Å². The molecule has 2 aromatic heterocycles. The van der Waals surface area contributed by atoms with Gasteiger partial charge in [-0.3, -0.25) is 4.68 Å². The van der Waals surface area contributed by atoms with E-state index in [-0.39, 0.29) is 5.54 Å². The molecule has 0 radical (unpaired) electrons. The quantitative estimate of drug-likeness (QED) is 0.917. The maximum atomic E-state index is 4.39. The Hall–Kier alpha value is -1.91. The van der Waals surface area contributed by atoms with Gasteiger partial charge >= 0.3 is 0 Å². The van der Waals surface area contributed by atoms with Crippen molar-refractivity contribution in [1.82, 2.24) is 19.7 Å². The summed E-state index contributed by atoms with van der Waals surface area (Å²) < 4.78 is 1.98. The average Bonchev–Trinajstić information content (AvgIpc) is 2.86. The van der Waals surface area contributed by atoms with Crippen molar-refractivity contribution in [2.75, 3.05) is 5.32 Å². The lowest BCUT2D eigenvalue weighted by Gasteiger charge is -2.18. The highest BCUT2D eigenvalue weighted by molar-refractivity contribution is 5.38. The summed E-state index contributed by atoms with van der Waals surface area (Å²) in [5.41, 5.74) is 2.10. The van der Waals surface area contributed by atoms with Crippen molar-refractivity contribution in [3.8, 4) is 0 Å². The summed E-state index contributed by atoms with van der Waals surface area (Å²) in [6, 6.07) is 0. The van der Waals surface area contributed by atoms with Gasteiger partial charge in [0, 0.05) is 24.7 Å². The second-order valence-electron chi connectivity index (χ2n) is 6.80. The molecule has 0 atom stereocenters. The fourth-order valence-electron chi connectivity index (χ4n) is 1.94. The first-order chi connectivity index (χ1) is 9.84. The van der Waals surface area contributed by atoms with E-state index in [0.29, 0.717) is 5.92 Å². The first kappa shape index (κ1) is 15.5. The normalized spacial score (nSPS) is 11.9. The molecule has 1 N–H and O–H groups in total. The lowest BCUT2D eigenvalue weighted by molar-refractivity contribution is 0.355. The van der Waals surface area contributed by atoms with Gasteiger partial charge in [0.25, 0.3) is 0 Å². The van der Waals surface area contributed by atoms with Crippen LogP contribution in [0, 0.1) is 5.92 Å². The van der Waals surface area contributed by atoms with Crippen LogP contribution in [0.1, 0.15) is 46.0 Å². The van der Waals surface area contributed by atoms with E-state index in [0.717, 1.165) is 30.0 Å². The van der Waals surface area contributed by atoms with Gasteiger partial charge < -0.3 is 5.32 Å². The molecule has 0 aliphatic heterocycles. The summed E-state index contributed by atoms with van der Waals surface area (Å²) in [7, 11) is 0. The van der Waals surface area contributed by atoms with E-state index >= 15 is 0 Å². The highest BCUT2D eigenvalue weighted by atomic mass is 15.3. The van der Waals surface area contributed by atoms with Crippen molar-refractivity contribution >= 4 is 5.69 Å². The van der Waals surface area contributed by atoms with Crippen LogP contribution in [0.25, 0.3) is 0 Å². The van der Waals surface area contributed by atoms with E-state index in [9.17, 15) is 0 Å². The zero-order chi connectivity index (χ0) is 15.5. The molecule has 0 aliphatic rings. The summed E-state index contributed by atoms with van der Waals surface area (Å²) in [4.78, 5) is 8.76. The molecular formula is C16H25N5. The van der Waals surface area contributed by atoms with Crippen molar-refractivity contribution in [1.29, 1.82) is 0 Å². The second-order valence-corrected chi connectivity index (χ2v) is 6.80. The van der Waals surface area contributed by atoms with Crippen molar-refractivity contribution in [3.05, 3.63) is 36.2 Å². The first-order valence-electron chi connectivity index (χ1n) is 7.43. The third-order valence-electron chi connectivity index (χ3n) is 3.12. The standard InChI is InChI=1S/C16H25N5/c1-12(2)6-15-18-9-14(10-19-15)17-7-13-8-20-21(11-13)16(3,4)5/h8-12,17H,6-7H2,1-5H3. The molecule has 0 bridgehead atoms. The van der Waals surface area contributed by atoms with E-state index < -0.39 is 0 Å². The smallest absolute Gasteiger partial charge is 0.128 e. The molecule has 0 spiro atoms. The van der Waals surface area contributed by atoms with Crippen molar-refractivity contribution < 1.29 is 0 Å². The van der Waals surface area contributed by atoms with Crippen molar-refractivity contribution in [3.63, 3.8) is 0 Å². The summed E-state index contributed by atoms with van der Waals surface area (Å²) in [5, 5.41) is 7.72. The number of hydrogen-bond acceptors (Lipinski definition) is 4. The maximum absolute atomic E-state index is 4.39. The van der Waals surface area contributed by atoms with Crippen LogP contribution >= 0.6 is 0 Å². The molecule has 5 heteroatoms. The Morgan fingerprint density at radius 3 is 2.33 bits per heavy atom. The first-order valence-corrected chi connectivity index (χ1v) is 7.43. The lowest BCUT2D eigenvalue weighted by Crippen LogP contribution is -2.21. The van der Waals surface area contributed by atoms with E-state index in [1.54, 1.807) is 0 Å². The molecule has 114 valence electrons. The molecule has 0 saturated heterocycles. The van der Waals surface area contributed by atoms with Gasteiger partial charge in [0.05, 0.1) is 29.8 Å². The largest absolute Gasteiger partial charge is 0.378 e. The molecule has 5 nitrogen and oxygen atoms in total. The lowest BCUT2D eigenvalue weighted by atomic mass is 10.1. The Kier molecular flexibility index (Phi) is 4.60. The van der Waals surface area contributed by atoms with E-state index in [1.807, 2.05) is 23.3 Å². The summed E-state index contributed by atoms with van der Waals surface area (Å²) in [5.74, 6) is 1.48. The fourth-order valence-corrected chi connectivity index (χ4v) is 1.94. The van der Waals surface area contributed by atoms with E-state index in [4.69, 9.17) is 0 Å². The van der Waals surface area contributed by atoms with Crippen LogP contribution in [-0.2, 0) is 18.5 Å². The predicted molar refractivity (Wildman–Crippen MR) is 85.1 cm³/mol. The van der Waals surface area contributed by atoms with Crippen molar-refractivity contribution in [2.24, 2.45) is 5.92 Å². The number of nitrogens with zero attached hydrogens (tertiary/aromatic N) is 4. The van der Waals surface area contributed by atoms with Crippen LogP contribution in [0.15, 0.2) is 24.8 Å². The van der Waals surface area contributed by atoms with Gasteiger partial charge in [-0.1, -0.05) is 13.8 Å². The number of anilines is 1. The van der Waals surface area contributed by atoms with Crippen LogP contribution < -0.4 is 5.32 Å². The Labute approximate surface area is 126 Å². The molecule has 2 heterocycles. The number of aromatic nitrogens is 4. The molecule has 0 unspecified atom stereocenters. The van der Waals surface area contributed by atoms with Gasteiger partial charge in [-0.15, -0.1) is 0 Å². The van der Waals surface area contributed by atoms with Gasteiger partial charge in [0.1, 0.15) is 5.82 Å². The minimum absolute atomic E-state index is 0.0137. The Bertz CT molecular complexity index is 563. The SMILES string of the molecule is CC(C)Cc1ncc(NCc2cnn(C(C)(C)C)c2)cn1.